The van der Waals surface area contributed by atoms with Crippen LogP contribution in [0.4, 0.5) is 5.95 Å². The maximum Gasteiger partial charge on any atom is 0.303 e. The highest BCUT2D eigenvalue weighted by Gasteiger charge is 2.22. The first-order chi connectivity index (χ1) is 8.15. The van der Waals surface area contributed by atoms with E-state index in [1.54, 1.807) is 6.20 Å². The van der Waals surface area contributed by atoms with E-state index in [1.807, 2.05) is 13.0 Å². The molecule has 17 heavy (non-hydrogen) atoms. The number of anilines is 1. The number of hydrogen-bond donors (Lipinski definition) is 1. The summed E-state index contributed by atoms with van der Waals surface area (Å²) in [7, 11) is 0. The van der Waals surface area contributed by atoms with Gasteiger partial charge in [0.05, 0.1) is 0 Å². The number of aryl methyl sites for hydroxylation is 1. The average Bonchev–Trinajstić information content (AvgIpc) is 2.29. The number of carboxylic acid groups (broad SMARTS) is 1. The van der Waals surface area contributed by atoms with Crippen LogP contribution in [0.3, 0.4) is 0 Å². The molecule has 1 fully saturated rings. The molecule has 1 aromatic rings. The minimum absolute atomic E-state index is 0.280. The largest absolute Gasteiger partial charge is 0.481 e. The van der Waals surface area contributed by atoms with E-state index in [0.717, 1.165) is 37.6 Å². The van der Waals surface area contributed by atoms with E-state index >= 15 is 0 Å². The molecule has 0 atom stereocenters. The minimum atomic E-state index is -0.699. The third kappa shape index (κ3) is 3.15. The van der Waals surface area contributed by atoms with E-state index in [2.05, 4.69) is 14.9 Å². The second-order valence-corrected chi connectivity index (χ2v) is 4.53. The van der Waals surface area contributed by atoms with Crippen molar-refractivity contribution < 1.29 is 9.90 Å². The van der Waals surface area contributed by atoms with E-state index in [0.29, 0.717) is 5.92 Å². The van der Waals surface area contributed by atoms with Gasteiger partial charge >= 0.3 is 5.97 Å². The van der Waals surface area contributed by atoms with E-state index in [4.69, 9.17) is 5.11 Å². The van der Waals surface area contributed by atoms with Gasteiger partial charge in [-0.15, -0.1) is 0 Å². The third-order valence-corrected chi connectivity index (χ3v) is 3.14. The van der Waals surface area contributed by atoms with Gasteiger partial charge in [0.1, 0.15) is 0 Å². The highest BCUT2D eigenvalue weighted by Crippen LogP contribution is 2.22. The van der Waals surface area contributed by atoms with Gasteiger partial charge in [-0.2, -0.15) is 0 Å². The minimum Gasteiger partial charge on any atom is -0.481 e. The summed E-state index contributed by atoms with van der Waals surface area (Å²) >= 11 is 0. The van der Waals surface area contributed by atoms with Gasteiger partial charge in [0, 0.05) is 31.4 Å². The van der Waals surface area contributed by atoms with Gasteiger partial charge in [0.15, 0.2) is 0 Å². The van der Waals surface area contributed by atoms with Gasteiger partial charge in [-0.1, -0.05) is 0 Å². The summed E-state index contributed by atoms with van der Waals surface area (Å²) in [6.07, 6.45) is 3.86. The lowest BCUT2D eigenvalue weighted by molar-refractivity contribution is -0.138. The molecular formula is C12H17N3O2. The smallest absolute Gasteiger partial charge is 0.303 e. The van der Waals surface area contributed by atoms with Gasteiger partial charge in [-0.05, 0) is 31.7 Å². The summed E-state index contributed by atoms with van der Waals surface area (Å²) in [5.74, 6) is 0.364. The Morgan fingerprint density at radius 3 is 2.82 bits per heavy atom. The number of aromatic nitrogens is 2. The number of hydrogen-bond acceptors (Lipinski definition) is 4. The molecule has 1 aliphatic rings. The summed E-state index contributed by atoms with van der Waals surface area (Å²) in [6, 6.07) is 1.88. The molecule has 5 heteroatoms. The maximum atomic E-state index is 10.6. The van der Waals surface area contributed by atoms with Crippen LogP contribution < -0.4 is 4.90 Å². The lowest BCUT2D eigenvalue weighted by Gasteiger charge is -2.31. The van der Waals surface area contributed by atoms with Crippen LogP contribution >= 0.6 is 0 Å². The molecule has 1 saturated heterocycles. The topological polar surface area (TPSA) is 66.3 Å². The fraction of sp³-hybridized carbons (Fsp3) is 0.583. The van der Waals surface area contributed by atoms with Crippen LogP contribution in [0.1, 0.15) is 25.0 Å². The molecule has 0 bridgehead atoms. The number of piperidine rings is 1. The van der Waals surface area contributed by atoms with Gasteiger partial charge in [0.25, 0.3) is 0 Å². The molecule has 2 heterocycles. The summed E-state index contributed by atoms with van der Waals surface area (Å²) in [4.78, 5) is 21.4. The van der Waals surface area contributed by atoms with Crippen molar-refractivity contribution in [1.29, 1.82) is 0 Å². The molecule has 0 amide bonds. The molecule has 92 valence electrons. The molecule has 2 rings (SSSR count). The van der Waals surface area contributed by atoms with Crippen molar-refractivity contribution in [2.75, 3.05) is 18.0 Å². The molecule has 0 saturated carbocycles. The van der Waals surface area contributed by atoms with Crippen LogP contribution in [0.5, 0.6) is 0 Å². The summed E-state index contributed by atoms with van der Waals surface area (Å²) in [5.41, 5.74) is 0.961. The van der Waals surface area contributed by atoms with Gasteiger partial charge in [0.2, 0.25) is 5.95 Å². The number of nitrogens with zero attached hydrogens (tertiary/aromatic N) is 3. The SMILES string of the molecule is Cc1ccnc(N2CCC(CC(=O)O)CC2)n1. The Balaban J connectivity index is 1.93. The monoisotopic (exact) mass is 235 g/mol. The zero-order chi connectivity index (χ0) is 12.3. The molecule has 1 aliphatic heterocycles. The van der Waals surface area contributed by atoms with Gasteiger partial charge < -0.3 is 10.0 Å². The Morgan fingerprint density at radius 2 is 2.24 bits per heavy atom. The molecule has 0 unspecified atom stereocenters. The van der Waals surface area contributed by atoms with Crippen LogP contribution in [0.2, 0.25) is 0 Å². The van der Waals surface area contributed by atoms with Crippen molar-refractivity contribution in [3.8, 4) is 0 Å². The Morgan fingerprint density at radius 1 is 1.53 bits per heavy atom. The quantitative estimate of drug-likeness (QED) is 0.859. The predicted molar refractivity (Wildman–Crippen MR) is 64.0 cm³/mol. The first-order valence-electron chi connectivity index (χ1n) is 5.91. The standard InChI is InChI=1S/C12H17N3O2/c1-9-2-5-13-12(14-9)15-6-3-10(4-7-15)8-11(16)17/h2,5,10H,3-4,6-8H2,1H3,(H,16,17). The van der Waals surface area contributed by atoms with E-state index in [9.17, 15) is 4.79 Å². The van der Waals surface area contributed by atoms with Crippen molar-refractivity contribution in [1.82, 2.24) is 9.97 Å². The summed E-state index contributed by atoms with van der Waals surface area (Å²) in [6.45, 7) is 3.64. The zero-order valence-electron chi connectivity index (χ0n) is 9.96. The van der Waals surface area contributed by atoms with Crippen LogP contribution in [-0.2, 0) is 4.79 Å². The highest BCUT2D eigenvalue weighted by atomic mass is 16.4. The van der Waals surface area contributed by atoms with Crippen molar-refractivity contribution in [2.24, 2.45) is 5.92 Å². The first-order valence-corrected chi connectivity index (χ1v) is 5.91. The summed E-state index contributed by atoms with van der Waals surface area (Å²) in [5, 5.41) is 8.75. The Hall–Kier alpha value is -1.65. The van der Waals surface area contributed by atoms with Crippen LogP contribution in [0.15, 0.2) is 12.3 Å². The molecule has 0 aliphatic carbocycles. The second-order valence-electron chi connectivity index (χ2n) is 4.53. The lowest BCUT2D eigenvalue weighted by atomic mass is 9.94. The van der Waals surface area contributed by atoms with Crippen molar-refractivity contribution in [3.05, 3.63) is 18.0 Å². The average molecular weight is 235 g/mol. The maximum absolute atomic E-state index is 10.6. The third-order valence-electron chi connectivity index (χ3n) is 3.14. The molecule has 1 N–H and O–H groups in total. The van der Waals surface area contributed by atoms with Crippen LogP contribution in [-0.4, -0.2) is 34.1 Å². The lowest BCUT2D eigenvalue weighted by Crippen LogP contribution is -2.35. The van der Waals surface area contributed by atoms with E-state index < -0.39 is 5.97 Å². The van der Waals surface area contributed by atoms with Crippen molar-refractivity contribution in [2.45, 2.75) is 26.2 Å². The Labute approximate surface area is 100 Å². The van der Waals surface area contributed by atoms with Crippen LogP contribution in [0, 0.1) is 12.8 Å². The molecule has 5 nitrogen and oxygen atoms in total. The molecule has 0 radical (unpaired) electrons. The first kappa shape index (κ1) is 11.8. The highest BCUT2D eigenvalue weighted by molar-refractivity contribution is 5.67. The predicted octanol–water partition coefficient (Wildman–Crippen LogP) is 1.48. The number of carbonyl (C=O) groups is 1. The molecule has 0 aromatic carbocycles. The van der Waals surface area contributed by atoms with E-state index in [1.165, 1.54) is 0 Å². The fourth-order valence-corrected chi connectivity index (χ4v) is 2.17. The van der Waals surface area contributed by atoms with Crippen molar-refractivity contribution in [3.63, 3.8) is 0 Å². The van der Waals surface area contributed by atoms with Crippen LogP contribution in [0.25, 0.3) is 0 Å². The summed E-state index contributed by atoms with van der Waals surface area (Å²) < 4.78 is 0. The van der Waals surface area contributed by atoms with E-state index in [-0.39, 0.29) is 6.42 Å². The zero-order valence-corrected chi connectivity index (χ0v) is 9.96. The normalized spacial score (nSPS) is 17.1. The number of rotatable bonds is 3. The Kier molecular flexibility index (Phi) is 3.56. The fourth-order valence-electron chi connectivity index (χ4n) is 2.17. The molecule has 1 aromatic heterocycles. The Bertz CT molecular complexity index is 400. The molecule has 0 spiro atoms. The van der Waals surface area contributed by atoms with Crippen molar-refractivity contribution >= 4 is 11.9 Å². The number of aliphatic carboxylic acids is 1. The number of carboxylic acids is 1. The molecular weight excluding hydrogens is 218 g/mol. The second kappa shape index (κ2) is 5.12. The van der Waals surface area contributed by atoms with Gasteiger partial charge in [-0.3, -0.25) is 4.79 Å². The van der Waals surface area contributed by atoms with Gasteiger partial charge in [-0.25, -0.2) is 9.97 Å².